The second kappa shape index (κ2) is 6.74. The Labute approximate surface area is 172 Å². The molecule has 1 saturated heterocycles. The predicted molar refractivity (Wildman–Crippen MR) is 104 cm³/mol. The highest BCUT2D eigenvalue weighted by Crippen LogP contribution is 2.65. The number of hydrogen-bond donors (Lipinski definition) is 4. The largest absolute Gasteiger partial charge is 0.535 e. The number of carboxylic acids is 1. The zero-order chi connectivity index (χ0) is 21.2. The van der Waals surface area contributed by atoms with Gasteiger partial charge in [0.15, 0.2) is 0 Å². The van der Waals surface area contributed by atoms with Crippen LogP contribution in [0.15, 0.2) is 24.7 Å². The second-order valence-corrected chi connectivity index (χ2v) is 8.09. The van der Waals surface area contributed by atoms with Gasteiger partial charge in [-0.2, -0.15) is 0 Å². The molecule has 1 saturated carbocycles. The molecule has 3 heterocycles. The average Bonchev–Trinajstić information content (AvgIpc) is 3.11. The normalized spacial score (nSPS) is 25.5. The van der Waals surface area contributed by atoms with Crippen LogP contribution in [-0.4, -0.2) is 63.2 Å². The number of hydrogen-bond acceptors (Lipinski definition) is 7. The summed E-state index contributed by atoms with van der Waals surface area (Å²) in [5.41, 5.74) is 7.09. The summed E-state index contributed by atoms with van der Waals surface area (Å²) in [4.78, 5) is 32.7. The summed E-state index contributed by atoms with van der Waals surface area (Å²) in [5, 5.41) is 19.9. The fraction of sp³-hybridized carbons (Fsp3) is 0.421. The van der Waals surface area contributed by atoms with Crippen LogP contribution in [0.2, 0.25) is 5.82 Å². The molecule has 1 amide bonds. The van der Waals surface area contributed by atoms with Crippen LogP contribution in [0.25, 0.3) is 0 Å². The van der Waals surface area contributed by atoms with E-state index in [1.807, 2.05) is 6.92 Å². The van der Waals surface area contributed by atoms with Crippen LogP contribution in [0.4, 0.5) is 0 Å². The van der Waals surface area contributed by atoms with Crippen LogP contribution in [-0.2, 0) is 4.79 Å². The van der Waals surface area contributed by atoms with Gasteiger partial charge in [0.25, 0.3) is 0 Å². The molecule has 2 aliphatic heterocycles. The smallest absolute Gasteiger partial charge is 0.526 e. The molecule has 10 nitrogen and oxygen atoms in total. The lowest BCUT2D eigenvalue weighted by molar-refractivity contribution is -0.141. The van der Waals surface area contributed by atoms with E-state index in [0.717, 1.165) is 5.56 Å². The molecule has 5 N–H and O–H groups in total. The molecular formula is C19H21BN4O6. The first-order valence-corrected chi connectivity index (χ1v) is 9.81. The maximum Gasteiger partial charge on any atom is 0.526 e. The first-order valence-electron chi connectivity index (χ1n) is 9.81. The molecular weight excluding hydrogens is 391 g/mol. The summed E-state index contributed by atoms with van der Waals surface area (Å²) in [6, 6.07) is 2.57. The monoisotopic (exact) mass is 412 g/mol. The van der Waals surface area contributed by atoms with Gasteiger partial charge in [0, 0.05) is 12.0 Å². The van der Waals surface area contributed by atoms with Crippen molar-refractivity contribution in [1.29, 1.82) is 0 Å². The molecule has 1 aromatic heterocycles. The van der Waals surface area contributed by atoms with Crippen LogP contribution in [0.5, 0.6) is 11.5 Å². The van der Waals surface area contributed by atoms with Gasteiger partial charge < -0.3 is 35.1 Å². The summed E-state index contributed by atoms with van der Waals surface area (Å²) in [6.45, 7) is 2.59. The zero-order valence-electron chi connectivity index (χ0n) is 16.2. The quantitative estimate of drug-likeness (QED) is 0.515. The number of fused-ring (bicyclic) bond motifs is 3. The first-order chi connectivity index (χ1) is 14.4. The summed E-state index contributed by atoms with van der Waals surface area (Å²) < 4.78 is 11.4. The molecule has 4 atom stereocenters. The van der Waals surface area contributed by atoms with E-state index in [2.05, 4.69) is 9.97 Å². The van der Waals surface area contributed by atoms with Crippen molar-refractivity contribution in [2.24, 2.45) is 11.7 Å². The van der Waals surface area contributed by atoms with Crippen LogP contribution in [0.3, 0.4) is 0 Å². The van der Waals surface area contributed by atoms with Gasteiger partial charge in [-0.1, -0.05) is 13.0 Å². The number of likely N-dealkylation sites (tertiary alicyclic amines) is 1. The molecule has 2 unspecified atom stereocenters. The Kier molecular flexibility index (Phi) is 4.26. The van der Waals surface area contributed by atoms with E-state index in [9.17, 15) is 19.7 Å². The van der Waals surface area contributed by atoms with E-state index in [4.69, 9.17) is 15.1 Å². The number of ether oxygens (including phenoxy) is 1. The SMILES string of the molecule is C[C@H]1C2c3ccc(OC4CN(C(=O)C(N)c5c[nH]cn5)C4)c(C(=O)O)c3OB(O)[C@H]21. The number of nitrogens with zero attached hydrogens (tertiary/aromatic N) is 2. The van der Waals surface area contributed by atoms with Crippen LogP contribution >= 0.6 is 0 Å². The van der Waals surface area contributed by atoms with Crippen molar-refractivity contribution in [3.63, 3.8) is 0 Å². The van der Waals surface area contributed by atoms with E-state index < -0.39 is 19.1 Å². The molecule has 0 radical (unpaired) electrons. The standard InChI is InChI=1S/C19H21BN4O6/c1-8-13-10-2-3-12(14(19(26)27)17(10)30-20(28)15(8)13)29-9-5-24(6-9)18(25)16(21)11-4-22-7-23-11/h2-4,7-9,13,15-16,28H,5-6,21H2,1H3,(H,22,23)(H,26,27)/t8-,13?,15-,16?/m0/s1. The van der Waals surface area contributed by atoms with Crippen LogP contribution in [0.1, 0.15) is 40.5 Å². The number of aromatic carboxylic acids is 1. The van der Waals surface area contributed by atoms with Crippen LogP contribution < -0.4 is 15.1 Å². The number of carbonyl (C=O) groups excluding carboxylic acids is 1. The predicted octanol–water partition coefficient (Wildman–Crippen LogP) is 0.374. The highest BCUT2D eigenvalue weighted by molar-refractivity contribution is 6.48. The zero-order valence-corrected chi connectivity index (χ0v) is 16.2. The van der Waals surface area contributed by atoms with Crippen molar-refractivity contribution >= 4 is 19.0 Å². The van der Waals surface area contributed by atoms with Gasteiger partial charge in [-0.25, -0.2) is 9.78 Å². The Morgan fingerprint density at radius 1 is 1.43 bits per heavy atom. The van der Waals surface area contributed by atoms with Crippen molar-refractivity contribution in [3.8, 4) is 11.5 Å². The molecule has 1 aromatic carbocycles. The summed E-state index contributed by atoms with van der Waals surface area (Å²) in [6.07, 6.45) is 2.66. The fourth-order valence-electron chi connectivity index (χ4n) is 4.53. The number of carbonyl (C=O) groups is 2. The van der Waals surface area contributed by atoms with Crippen molar-refractivity contribution in [2.45, 2.75) is 30.8 Å². The molecule has 5 rings (SSSR count). The number of aromatic amines is 1. The summed E-state index contributed by atoms with van der Waals surface area (Å²) >= 11 is 0. The third kappa shape index (κ3) is 2.84. The van der Waals surface area contributed by atoms with Crippen molar-refractivity contribution in [2.75, 3.05) is 13.1 Å². The Hall–Kier alpha value is -3.05. The Morgan fingerprint density at radius 3 is 2.87 bits per heavy atom. The summed E-state index contributed by atoms with van der Waals surface area (Å²) in [5.74, 6) is -0.800. The molecule has 2 aromatic rings. The van der Waals surface area contributed by atoms with Crippen LogP contribution in [0, 0.1) is 5.92 Å². The van der Waals surface area contributed by atoms with E-state index in [1.54, 1.807) is 23.2 Å². The van der Waals surface area contributed by atoms with Gasteiger partial charge in [-0.05, 0) is 23.5 Å². The second-order valence-electron chi connectivity index (χ2n) is 8.09. The molecule has 0 bridgehead atoms. The maximum atomic E-state index is 12.4. The number of imidazole rings is 1. The Balaban J connectivity index is 1.30. The number of carboxylic acid groups (broad SMARTS) is 1. The number of nitrogens with two attached hydrogens (primary N) is 1. The molecule has 0 spiro atoms. The Morgan fingerprint density at radius 2 is 2.20 bits per heavy atom. The molecule has 11 heteroatoms. The van der Waals surface area contributed by atoms with Crippen molar-refractivity contribution < 1.29 is 29.1 Å². The van der Waals surface area contributed by atoms with Crippen molar-refractivity contribution in [3.05, 3.63) is 41.5 Å². The minimum Gasteiger partial charge on any atom is -0.535 e. The molecule has 3 aliphatic rings. The molecule has 1 aliphatic carbocycles. The van der Waals surface area contributed by atoms with E-state index in [-0.39, 0.29) is 59.8 Å². The number of benzene rings is 1. The van der Waals surface area contributed by atoms with Gasteiger partial charge in [0.2, 0.25) is 5.91 Å². The van der Waals surface area contributed by atoms with E-state index in [1.165, 1.54) is 6.33 Å². The van der Waals surface area contributed by atoms with Crippen molar-refractivity contribution in [1.82, 2.24) is 14.9 Å². The number of nitrogens with one attached hydrogen (secondary N) is 1. The number of rotatable bonds is 5. The highest BCUT2D eigenvalue weighted by Gasteiger charge is 2.60. The number of H-pyrrole nitrogens is 1. The maximum absolute atomic E-state index is 12.4. The molecule has 30 heavy (non-hydrogen) atoms. The highest BCUT2D eigenvalue weighted by atomic mass is 16.5. The lowest BCUT2D eigenvalue weighted by Gasteiger charge is -2.40. The van der Waals surface area contributed by atoms with E-state index >= 15 is 0 Å². The van der Waals surface area contributed by atoms with Gasteiger partial charge in [0.05, 0.1) is 25.1 Å². The van der Waals surface area contributed by atoms with Gasteiger partial charge in [0.1, 0.15) is 29.2 Å². The topological polar surface area (TPSA) is 151 Å². The minimum absolute atomic E-state index is 0.00385. The average molecular weight is 412 g/mol. The van der Waals surface area contributed by atoms with Gasteiger partial charge in [-0.3, -0.25) is 4.79 Å². The van der Waals surface area contributed by atoms with Gasteiger partial charge in [-0.15, -0.1) is 0 Å². The first kappa shape index (κ1) is 19.0. The lowest BCUT2D eigenvalue weighted by atomic mass is 9.76. The summed E-state index contributed by atoms with van der Waals surface area (Å²) in [7, 11) is -1.02. The van der Waals surface area contributed by atoms with E-state index in [0.29, 0.717) is 5.69 Å². The number of amides is 1. The third-order valence-electron chi connectivity index (χ3n) is 6.30. The van der Waals surface area contributed by atoms with Gasteiger partial charge >= 0.3 is 13.1 Å². The third-order valence-corrected chi connectivity index (χ3v) is 6.30. The number of aromatic nitrogens is 2. The minimum atomic E-state index is -1.19. The fourth-order valence-corrected chi connectivity index (χ4v) is 4.53. The Bertz CT molecular complexity index is 1010. The molecule has 2 fully saturated rings. The molecule has 156 valence electrons. The lowest BCUT2D eigenvalue weighted by Crippen LogP contribution is -2.58.